The largest absolute Gasteiger partial charge is 0.508 e. The molecule has 1 aromatic rings. The van der Waals surface area contributed by atoms with Crippen molar-refractivity contribution in [2.45, 2.75) is 25.0 Å². The number of phenolic OH excluding ortho intramolecular Hbond substituents is 1. The van der Waals surface area contributed by atoms with Crippen LogP contribution in [0.15, 0.2) is 18.2 Å². The number of aliphatic hydroxyl groups is 1. The normalized spacial score (nSPS) is 18.1. The van der Waals surface area contributed by atoms with Gasteiger partial charge in [-0.1, -0.05) is 12.1 Å². The topological polar surface area (TPSA) is 49.7 Å². The van der Waals surface area contributed by atoms with Crippen molar-refractivity contribution in [3.05, 3.63) is 29.3 Å². The summed E-state index contributed by atoms with van der Waals surface area (Å²) in [6, 6.07) is 5.27. The Bertz CT molecular complexity index is 342. The number of aromatic hydroxyl groups is 1. The molecular weight excluding hydrogens is 180 g/mol. The van der Waals surface area contributed by atoms with Crippen LogP contribution in [0.1, 0.15) is 24.0 Å². The highest BCUT2D eigenvalue weighted by molar-refractivity contribution is 5.40. The van der Waals surface area contributed by atoms with Gasteiger partial charge in [0, 0.05) is 12.7 Å². The minimum absolute atomic E-state index is 0.199. The van der Waals surface area contributed by atoms with Gasteiger partial charge < -0.3 is 14.9 Å². The van der Waals surface area contributed by atoms with Gasteiger partial charge in [-0.15, -0.1) is 0 Å². The van der Waals surface area contributed by atoms with Crippen molar-refractivity contribution >= 4 is 0 Å². The number of methoxy groups -OCH3 is 1. The average molecular weight is 194 g/mol. The molecule has 76 valence electrons. The fraction of sp³-hybridized carbons (Fsp3) is 0.455. The van der Waals surface area contributed by atoms with Crippen molar-refractivity contribution in [3.63, 3.8) is 0 Å². The van der Waals surface area contributed by atoms with E-state index in [1.54, 1.807) is 19.2 Å². The second-order valence-corrected chi connectivity index (χ2v) is 3.81. The monoisotopic (exact) mass is 194 g/mol. The molecule has 0 saturated heterocycles. The average Bonchev–Trinajstić information content (AvgIpc) is 2.89. The number of phenols is 1. The van der Waals surface area contributed by atoms with Gasteiger partial charge in [0.2, 0.25) is 0 Å². The maximum atomic E-state index is 9.80. The summed E-state index contributed by atoms with van der Waals surface area (Å²) in [6.45, 7) is 0.393. The highest BCUT2D eigenvalue weighted by Gasteiger charge is 2.42. The van der Waals surface area contributed by atoms with Gasteiger partial charge in [0.25, 0.3) is 0 Å². The van der Waals surface area contributed by atoms with E-state index < -0.39 is 5.60 Å². The van der Waals surface area contributed by atoms with Crippen LogP contribution in [0.4, 0.5) is 0 Å². The predicted molar refractivity (Wildman–Crippen MR) is 52.0 cm³/mol. The summed E-state index contributed by atoms with van der Waals surface area (Å²) < 4.78 is 4.93. The number of hydrogen-bond acceptors (Lipinski definition) is 3. The minimum atomic E-state index is -0.677. The Morgan fingerprint density at radius 1 is 1.43 bits per heavy atom. The zero-order chi connectivity index (χ0) is 10.2. The minimum Gasteiger partial charge on any atom is -0.508 e. The number of ether oxygens (including phenoxy) is 1. The Balaban J connectivity index is 2.26. The van der Waals surface area contributed by atoms with Gasteiger partial charge in [0.05, 0.1) is 12.2 Å². The Hall–Kier alpha value is -1.06. The number of benzene rings is 1. The zero-order valence-electron chi connectivity index (χ0n) is 8.16. The molecule has 1 aliphatic rings. The summed E-state index contributed by atoms with van der Waals surface area (Å²) in [4.78, 5) is 0. The maximum absolute atomic E-state index is 9.80. The van der Waals surface area contributed by atoms with Gasteiger partial charge in [-0.25, -0.2) is 0 Å². The van der Waals surface area contributed by atoms with Crippen LogP contribution in [0.5, 0.6) is 5.75 Å². The standard InChI is InChI=1S/C11H14O3/c1-14-7-8-2-3-9(6-10(8)12)11(13)4-5-11/h2-3,6,12-13H,4-5,7H2,1H3. The van der Waals surface area contributed by atoms with E-state index in [-0.39, 0.29) is 5.75 Å². The summed E-state index contributed by atoms with van der Waals surface area (Å²) in [6.07, 6.45) is 1.58. The van der Waals surface area contributed by atoms with Crippen molar-refractivity contribution in [1.29, 1.82) is 0 Å². The van der Waals surface area contributed by atoms with E-state index in [4.69, 9.17) is 4.74 Å². The summed E-state index contributed by atoms with van der Waals surface area (Å²) in [5.74, 6) is 0.199. The van der Waals surface area contributed by atoms with E-state index in [9.17, 15) is 10.2 Å². The highest BCUT2D eigenvalue weighted by atomic mass is 16.5. The Kier molecular flexibility index (Phi) is 2.21. The van der Waals surface area contributed by atoms with Crippen LogP contribution in [0.2, 0.25) is 0 Å². The van der Waals surface area contributed by atoms with Crippen molar-refractivity contribution < 1.29 is 14.9 Å². The molecule has 0 aromatic heterocycles. The van der Waals surface area contributed by atoms with Crippen LogP contribution in [0.3, 0.4) is 0 Å². The third kappa shape index (κ3) is 1.61. The lowest BCUT2D eigenvalue weighted by Crippen LogP contribution is -2.04. The van der Waals surface area contributed by atoms with Crippen LogP contribution < -0.4 is 0 Å². The molecule has 0 heterocycles. The number of rotatable bonds is 3. The molecular formula is C11H14O3. The van der Waals surface area contributed by atoms with Gasteiger partial charge in [-0.05, 0) is 24.5 Å². The van der Waals surface area contributed by atoms with E-state index in [0.717, 1.165) is 24.0 Å². The van der Waals surface area contributed by atoms with Gasteiger partial charge in [0.15, 0.2) is 0 Å². The lowest BCUT2D eigenvalue weighted by Gasteiger charge is -2.10. The first-order valence-electron chi connectivity index (χ1n) is 4.69. The first-order chi connectivity index (χ1) is 6.65. The molecule has 1 aromatic carbocycles. The molecule has 2 rings (SSSR count). The van der Waals surface area contributed by atoms with E-state index in [1.165, 1.54) is 0 Å². The van der Waals surface area contributed by atoms with Crippen LogP contribution in [-0.4, -0.2) is 17.3 Å². The van der Waals surface area contributed by atoms with Gasteiger partial charge in [-0.3, -0.25) is 0 Å². The number of hydrogen-bond donors (Lipinski definition) is 2. The maximum Gasteiger partial charge on any atom is 0.121 e. The van der Waals surface area contributed by atoms with Crippen molar-refractivity contribution in [3.8, 4) is 5.75 Å². The SMILES string of the molecule is COCc1ccc(C2(O)CC2)cc1O. The Morgan fingerprint density at radius 3 is 2.64 bits per heavy atom. The third-order valence-electron chi connectivity index (χ3n) is 2.65. The summed E-state index contributed by atoms with van der Waals surface area (Å²) in [5, 5.41) is 19.4. The van der Waals surface area contributed by atoms with Crippen molar-refractivity contribution in [2.24, 2.45) is 0 Å². The molecule has 0 amide bonds. The van der Waals surface area contributed by atoms with E-state index in [1.807, 2.05) is 6.07 Å². The lowest BCUT2D eigenvalue weighted by atomic mass is 10.0. The molecule has 0 radical (unpaired) electrons. The molecule has 3 heteroatoms. The molecule has 0 bridgehead atoms. The quantitative estimate of drug-likeness (QED) is 0.767. The molecule has 0 spiro atoms. The lowest BCUT2D eigenvalue weighted by molar-refractivity contribution is 0.150. The fourth-order valence-corrected chi connectivity index (χ4v) is 1.54. The third-order valence-corrected chi connectivity index (χ3v) is 2.65. The second kappa shape index (κ2) is 3.26. The smallest absolute Gasteiger partial charge is 0.121 e. The Morgan fingerprint density at radius 2 is 2.14 bits per heavy atom. The van der Waals surface area contributed by atoms with Gasteiger partial charge in [-0.2, -0.15) is 0 Å². The molecule has 1 aliphatic carbocycles. The first kappa shape index (κ1) is 9.49. The van der Waals surface area contributed by atoms with E-state index in [0.29, 0.717) is 6.61 Å². The van der Waals surface area contributed by atoms with Gasteiger partial charge >= 0.3 is 0 Å². The molecule has 0 atom stereocenters. The molecule has 0 unspecified atom stereocenters. The molecule has 1 fully saturated rings. The Labute approximate surface area is 83.0 Å². The summed E-state index contributed by atoms with van der Waals surface area (Å²) in [7, 11) is 1.59. The van der Waals surface area contributed by atoms with Crippen LogP contribution in [0, 0.1) is 0 Å². The molecule has 2 N–H and O–H groups in total. The zero-order valence-corrected chi connectivity index (χ0v) is 8.16. The van der Waals surface area contributed by atoms with Gasteiger partial charge in [0.1, 0.15) is 5.75 Å². The molecule has 14 heavy (non-hydrogen) atoms. The fourth-order valence-electron chi connectivity index (χ4n) is 1.54. The first-order valence-corrected chi connectivity index (χ1v) is 4.69. The van der Waals surface area contributed by atoms with E-state index >= 15 is 0 Å². The highest BCUT2D eigenvalue weighted by Crippen LogP contribution is 2.46. The predicted octanol–water partition coefficient (Wildman–Crippen LogP) is 1.52. The second-order valence-electron chi connectivity index (χ2n) is 3.81. The summed E-state index contributed by atoms with van der Waals surface area (Å²) in [5.41, 5.74) is 0.874. The summed E-state index contributed by atoms with van der Waals surface area (Å²) >= 11 is 0. The van der Waals surface area contributed by atoms with Crippen molar-refractivity contribution in [2.75, 3.05) is 7.11 Å². The molecule has 0 aliphatic heterocycles. The van der Waals surface area contributed by atoms with Crippen LogP contribution in [-0.2, 0) is 16.9 Å². The molecule has 3 nitrogen and oxygen atoms in total. The van der Waals surface area contributed by atoms with Crippen LogP contribution >= 0.6 is 0 Å². The van der Waals surface area contributed by atoms with Crippen LogP contribution in [0.25, 0.3) is 0 Å². The molecule has 1 saturated carbocycles. The van der Waals surface area contributed by atoms with E-state index in [2.05, 4.69) is 0 Å². The van der Waals surface area contributed by atoms with Crippen molar-refractivity contribution in [1.82, 2.24) is 0 Å².